The number of hydrogen-bond donors (Lipinski definition) is 0. The van der Waals surface area contributed by atoms with Crippen LogP contribution in [-0.4, -0.2) is 27.6 Å². The lowest BCUT2D eigenvalue weighted by molar-refractivity contribution is -0.149. The van der Waals surface area contributed by atoms with Crippen molar-refractivity contribution in [2.75, 3.05) is 0 Å². The van der Waals surface area contributed by atoms with Gasteiger partial charge in [-0.05, 0) is 43.7 Å². The zero-order valence-corrected chi connectivity index (χ0v) is 17.4. The Hall–Kier alpha value is -3.00. The predicted octanol–water partition coefficient (Wildman–Crippen LogP) is 3.61. The van der Waals surface area contributed by atoms with Crippen molar-refractivity contribution in [1.29, 1.82) is 0 Å². The van der Waals surface area contributed by atoms with Crippen LogP contribution in [-0.2, 0) is 27.4 Å². The van der Waals surface area contributed by atoms with Crippen LogP contribution in [0.15, 0.2) is 41.5 Å². The molecule has 1 aliphatic carbocycles. The molecule has 30 heavy (non-hydrogen) atoms. The minimum atomic E-state index is -0.494. The van der Waals surface area contributed by atoms with E-state index >= 15 is 0 Å². The molecule has 0 aliphatic heterocycles. The second-order valence-corrected chi connectivity index (χ2v) is 8.37. The van der Waals surface area contributed by atoms with Gasteiger partial charge in [0.2, 0.25) is 0 Å². The van der Waals surface area contributed by atoms with Gasteiger partial charge in [0.1, 0.15) is 29.0 Å². The average Bonchev–Trinajstić information content (AvgIpc) is 3.37. The lowest BCUT2D eigenvalue weighted by Gasteiger charge is -2.12. The van der Waals surface area contributed by atoms with Crippen molar-refractivity contribution in [2.45, 2.75) is 51.9 Å². The molecule has 2 aromatic heterocycles. The fourth-order valence-electron chi connectivity index (χ4n) is 3.62. The number of ether oxygens (including phenoxy) is 2. The Balaban J connectivity index is 1.51. The van der Waals surface area contributed by atoms with Crippen molar-refractivity contribution in [1.82, 2.24) is 9.55 Å². The van der Waals surface area contributed by atoms with Gasteiger partial charge in [-0.1, -0.05) is 30.3 Å². The summed E-state index contributed by atoms with van der Waals surface area (Å²) in [6.07, 6.45) is 5.13. The highest BCUT2D eigenvalue weighted by Gasteiger charge is 2.23. The lowest BCUT2D eigenvalue weighted by atomic mass is 10.2. The number of carbonyl (C=O) groups is 2. The van der Waals surface area contributed by atoms with Gasteiger partial charge in [0.05, 0.1) is 11.7 Å². The summed E-state index contributed by atoms with van der Waals surface area (Å²) in [7, 11) is 0. The average molecular weight is 426 g/mol. The highest BCUT2D eigenvalue weighted by atomic mass is 32.1. The lowest BCUT2D eigenvalue weighted by Crippen LogP contribution is -2.27. The van der Waals surface area contributed by atoms with E-state index in [1.165, 1.54) is 10.9 Å². The topological polar surface area (TPSA) is 87.5 Å². The molecule has 0 amide bonds. The van der Waals surface area contributed by atoms with Gasteiger partial charge in [-0.25, -0.2) is 9.78 Å². The Morgan fingerprint density at radius 3 is 2.67 bits per heavy atom. The fraction of sp³-hybridized carbons (Fsp3) is 0.364. The zero-order valence-electron chi connectivity index (χ0n) is 16.6. The standard InChI is InChI=1S/C22H22N2O5S/c1-14-18-20(30-19(14)22(27)28-12-15-7-3-2-4-8-15)23-13-24(21(18)26)11-17(25)29-16-9-5-6-10-16/h2-4,7-8,13,16H,5-6,9-12H2,1H3. The second kappa shape index (κ2) is 8.79. The number of thiophene rings is 1. The first kappa shape index (κ1) is 20.3. The molecule has 0 atom stereocenters. The first-order chi connectivity index (χ1) is 14.5. The van der Waals surface area contributed by atoms with Gasteiger partial charge in [0.25, 0.3) is 5.56 Å². The van der Waals surface area contributed by atoms with E-state index in [-0.39, 0.29) is 24.8 Å². The Labute approximate surface area is 177 Å². The maximum atomic E-state index is 12.9. The minimum absolute atomic E-state index is 0.0567. The molecule has 0 unspecified atom stereocenters. The predicted molar refractivity (Wildman–Crippen MR) is 113 cm³/mol. The largest absolute Gasteiger partial charge is 0.461 e. The van der Waals surface area contributed by atoms with Crippen molar-refractivity contribution >= 4 is 33.5 Å². The van der Waals surface area contributed by atoms with Crippen LogP contribution in [0.25, 0.3) is 10.2 Å². The summed E-state index contributed by atoms with van der Waals surface area (Å²) < 4.78 is 12.1. The van der Waals surface area contributed by atoms with E-state index in [4.69, 9.17) is 9.47 Å². The first-order valence-corrected chi connectivity index (χ1v) is 10.7. The number of nitrogens with zero attached hydrogens (tertiary/aromatic N) is 2. The summed E-state index contributed by atoms with van der Waals surface area (Å²) in [4.78, 5) is 42.7. The van der Waals surface area contributed by atoms with Crippen molar-refractivity contribution < 1.29 is 19.1 Å². The number of aromatic nitrogens is 2. The molecule has 0 spiro atoms. The molecule has 0 saturated heterocycles. The molecule has 1 fully saturated rings. The second-order valence-electron chi connectivity index (χ2n) is 7.37. The number of carbonyl (C=O) groups excluding carboxylic acids is 2. The third kappa shape index (κ3) is 4.28. The molecule has 1 aromatic carbocycles. The van der Waals surface area contributed by atoms with Gasteiger partial charge >= 0.3 is 11.9 Å². The summed E-state index contributed by atoms with van der Waals surface area (Å²) in [5, 5.41) is 0.336. The van der Waals surface area contributed by atoms with Crippen molar-refractivity contribution in [3.05, 3.63) is 63.0 Å². The van der Waals surface area contributed by atoms with Crippen molar-refractivity contribution in [3.8, 4) is 0 Å². The van der Waals surface area contributed by atoms with Gasteiger partial charge in [0, 0.05) is 0 Å². The molecule has 8 heteroatoms. The van der Waals surface area contributed by atoms with Crippen LogP contribution >= 0.6 is 11.3 Å². The Morgan fingerprint density at radius 1 is 1.20 bits per heavy atom. The first-order valence-electron chi connectivity index (χ1n) is 9.92. The molecular formula is C22H22N2O5S. The smallest absolute Gasteiger partial charge is 0.349 e. The van der Waals surface area contributed by atoms with E-state index in [1.807, 2.05) is 30.3 Å². The van der Waals surface area contributed by atoms with E-state index in [0.29, 0.717) is 20.7 Å². The van der Waals surface area contributed by atoms with Crippen LogP contribution in [0.3, 0.4) is 0 Å². The molecule has 156 valence electrons. The molecule has 0 bridgehead atoms. The Morgan fingerprint density at radius 2 is 1.93 bits per heavy atom. The fourth-order valence-corrected chi connectivity index (χ4v) is 4.66. The minimum Gasteiger partial charge on any atom is -0.461 e. The molecule has 1 saturated carbocycles. The van der Waals surface area contributed by atoms with E-state index in [0.717, 1.165) is 42.6 Å². The summed E-state index contributed by atoms with van der Waals surface area (Å²) in [5.74, 6) is -0.938. The maximum absolute atomic E-state index is 12.9. The van der Waals surface area contributed by atoms with Gasteiger partial charge in [0.15, 0.2) is 0 Å². The molecule has 0 N–H and O–H groups in total. The summed E-state index contributed by atoms with van der Waals surface area (Å²) in [6, 6.07) is 9.38. The number of esters is 2. The molecule has 7 nitrogen and oxygen atoms in total. The van der Waals surface area contributed by atoms with E-state index in [9.17, 15) is 14.4 Å². The number of rotatable bonds is 6. The highest BCUT2D eigenvalue weighted by molar-refractivity contribution is 7.20. The van der Waals surface area contributed by atoms with Crippen LogP contribution in [0.2, 0.25) is 0 Å². The molecular weight excluding hydrogens is 404 g/mol. The van der Waals surface area contributed by atoms with Crippen LogP contribution in [0.1, 0.15) is 46.5 Å². The molecule has 4 rings (SSSR count). The summed E-state index contributed by atoms with van der Waals surface area (Å²) in [5.41, 5.74) is 1.04. The maximum Gasteiger partial charge on any atom is 0.349 e. The van der Waals surface area contributed by atoms with E-state index in [2.05, 4.69) is 4.98 Å². The number of aryl methyl sites for hydroxylation is 1. The number of benzene rings is 1. The summed E-state index contributed by atoms with van der Waals surface area (Å²) in [6.45, 7) is 1.65. The highest BCUT2D eigenvalue weighted by Crippen LogP contribution is 2.28. The zero-order chi connectivity index (χ0) is 21.1. The quantitative estimate of drug-likeness (QED) is 0.560. The van der Waals surface area contributed by atoms with Crippen LogP contribution < -0.4 is 5.56 Å². The third-order valence-corrected chi connectivity index (χ3v) is 6.40. The number of hydrogen-bond acceptors (Lipinski definition) is 7. The number of fused-ring (bicyclic) bond motifs is 1. The van der Waals surface area contributed by atoms with Crippen molar-refractivity contribution in [2.24, 2.45) is 0 Å². The van der Waals surface area contributed by atoms with Gasteiger partial charge in [-0.15, -0.1) is 11.3 Å². The van der Waals surface area contributed by atoms with Gasteiger partial charge in [-0.3, -0.25) is 14.2 Å². The van der Waals surface area contributed by atoms with Gasteiger partial charge in [-0.2, -0.15) is 0 Å². The third-order valence-electron chi connectivity index (χ3n) is 5.22. The molecule has 1 aliphatic rings. The Bertz CT molecular complexity index is 1130. The van der Waals surface area contributed by atoms with E-state index in [1.54, 1.807) is 6.92 Å². The molecule has 2 heterocycles. The monoisotopic (exact) mass is 426 g/mol. The SMILES string of the molecule is Cc1c(C(=O)OCc2ccccc2)sc2ncn(CC(=O)OC3CCCC3)c(=O)c12. The summed E-state index contributed by atoms with van der Waals surface area (Å²) >= 11 is 1.12. The van der Waals surface area contributed by atoms with Crippen molar-refractivity contribution in [3.63, 3.8) is 0 Å². The van der Waals surface area contributed by atoms with Crippen LogP contribution in [0.5, 0.6) is 0 Å². The normalized spacial score (nSPS) is 14.2. The Kier molecular flexibility index (Phi) is 5.94. The van der Waals surface area contributed by atoms with E-state index < -0.39 is 11.9 Å². The van der Waals surface area contributed by atoms with Gasteiger partial charge < -0.3 is 9.47 Å². The van der Waals surface area contributed by atoms with Crippen LogP contribution in [0.4, 0.5) is 0 Å². The molecule has 3 aromatic rings. The van der Waals surface area contributed by atoms with Crippen LogP contribution in [0, 0.1) is 6.92 Å². The molecule has 0 radical (unpaired) electrons.